The van der Waals surface area contributed by atoms with Gasteiger partial charge in [0.25, 0.3) is 0 Å². The third-order valence-corrected chi connectivity index (χ3v) is 4.58. The summed E-state index contributed by atoms with van der Waals surface area (Å²) in [5.74, 6) is 0. The molecule has 1 fully saturated rings. The van der Waals surface area contributed by atoms with E-state index in [4.69, 9.17) is 11.6 Å². The highest BCUT2D eigenvalue weighted by molar-refractivity contribution is 6.30. The van der Waals surface area contributed by atoms with Crippen molar-refractivity contribution in [3.05, 3.63) is 64.9 Å². The highest BCUT2D eigenvalue weighted by atomic mass is 35.5. The summed E-state index contributed by atoms with van der Waals surface area (Å²) in [6.45, 7) is 0.673. The Morgan fingerprint density at radius 1 is 1.22 bits per heavy atom. The molecule has 1 aliphatic rings. The van der Waals surface area contributed by atoms with Crippen molar-refractivity contribution < 1.29 is 4.79 Å². The summed E-state index contributed by atoms with van der Waals surface area (Å²) >= 11 is 5.94. The van der Waals surface area contributed by atoms with Gasteiger partial charge in [-0.05, 0) is 54.7 Å². The van der Waals surface area contributed by atoms with Crippen LogP contribution in [-0.2, 0) is 12.0 Å². The van der Waals surface area contributed by atoms with Crippen LogP contribution in [0, 0.1) is 0 Å². The van der Waals surface area contributed by atoms with Gasteiger partial charge < -0.3 is 10.2 Å². The number of urea groups is 1. The first kappa shape index (κ1) is 15.8. The molecule has 120 valence electrons. The van der Waals surface area contributed by atoms with Gasteiger partial charge in [0.2, 0.25) is 0 Å². The molecule has 0 aliphatic heterocycles. The van der Waals surface area contributed by atoms with Crippen molar-refractivity contribution in [3.63, 3.8) is 0 Å². The molecular formula is C18H20ClN3O. The van der Waals surface area contributed by atoms with E-state index in [0.29, 0.717) is 11.6 Å². The fourth-order valence-electron chi connectivity index (χ4n) is 2.63. The third-order valence-electron chi connectivity index (χ3n) is 4.32. The molecule has 1 aliphatic carbocycles. The molecule has 0 bridgehead atoms. The van der Waals surface area contributed by atoms with Gasteiger partial charge in [0.15, 0.2) is 0 Å². The number of carbonyl (C=O) groups is 1. The molecule has 1 heterocycles. The van der Waals surface area contributed by atoms with Crippen molar-refractivity contribution in [2.24, 2.45) is 0 Å². The zero-order chi connectivity index (χ0) is 16.3. The van der Waals surface area contributed by atoms with Crippen LogP contribution in [0.25, 0.3) is 0 Å². The normalized spacial score (nSPS) is 15.0. The lowest BCUT2D eigenvalue weighted by Gasteiger charge is -2.24. The summed E-state index contributed by atoms with van der Waals surface area (Å²) in [4.78, 5) is 18.2. The fraction of sp³-hybridized carbons (Fsp3) is 0.333. The highest BCUT2D eigenvalue weighted by Crippen LogP contribution is 2.45. The third kappa shape index (κ3) is 3.82. The van der Waals surface area contributed by atoms with Crippen LogP contribution >= 0.6 is 11.6 Å². The fourth-order valence-corrected chi connectivity index (χ4v) is 2.75. The summed E-state index contributed by atoms with van der Waals surface area (Å²) in [7, 11) is 1.83. The van der Waals surface area contributed by atoms with Gasteiger partial charge in [-0.25, -0.2) is 4.79 Å². The second-order valence-electron chi connectivity index (χ2n) is 6.05. The average Bonchev–Trinajstić information content (AvgIpc) is 3.34. The maximum atomic E-state index is 12.4. The Morgan fingerprint density at radius 2 is 1.87 bits per heavy atom. The summed E-state index contributed by atoms with van der Waals surface area (Å²) in [6, 6.07) is 11.6. The molecule has 4 nitrogen and oxygen atoms in total. The first-order chi connectivity index (χ1) is 11.1. The van der Waals surface area contributed by atoms with Gasteiger partial charge in [0.1, 0.15) is 0 Å². The minimum atomic E-state index is -0.216. The molecule has 0 atom stereocenters. The number of nitrogens with zero attached hydrogens (tertiary/aromatic N) is 2. The van der Waals surface area contributed by atoms with Crippen LogP contribution in [0.5, 0.6) is 0 Å². The van der Waals surface area contributed by atoms with Crippen molar-refractivity contribution >= 4 is 17.6 Å². The van der Waals surface area contributed by atoms with Crippen LogP contribution in [-0.4, -0.2) is 29.5 Å². The van der Waals surface area contributed by atoms with Crippen LogP contribution < -0.4 is 5.32 Å². The molecular weight excluding hydrogens is 310 g/mol. The number of nitrogens with one attached hydrogen (secondary N) is 1. The highest BCUT2D eigenvalue weighted by Gasteiger charge is 2.46. The smallest absolute Gasteiger partial charge is 0.317 e. The lowest BCUT2D eigenvalue weighted by Crippen LogP contribution is -2.43. The minimum absolute atomic E-state index is 0.0356. The molecule has 2 amide bonds. The first-order valence-corrected chi connectivity index (χ1v) is 8.15. The number of pyridine rings is 1. The number of carbonyl (C=O) groups excluding carboxylic acids is 1. The zero-order valence-corrected chi connectivity index (χ0v) is 13.9. The van der Waals surface area contributed by atoms with Gasteiger partial charge in [-0.15, -0.1) is 0 Å². The van der Waals surface area contributed by atoms with Gasteiger partial charge >= 0.3 is 6.03 Å². The predicted molar refractivity (Wildman–Crippen MR) is 91.5 cm³/mol. The van der Waals surface area contributed by atoms with Crippen LogP contribution in [0.15, 0.2) is 48.8 Å². The summed E-state index contributed by atoms with van der Waals surface area (Å²) < 4.78 is 0. The number of hydrogen-bond donors (Lipinski definition) is 1. The van der Waals surface area contributed by atoms with Gasteiger partial charge in [-0.3, -0.25) is 4.98 Å². The molecule has 2 aromatic rings. The van der Waals surface area contributed by atoms with Gasteiger partial charge in [0.05, 0.1) is 5.54 Å². The Morgan fingerprint density at radius 3 is 2.48 bits per heavy atom. The largest absolute Gasteiger partial charge is 0.328 e. The Hall–Kier alpha value is -2.07. The standard InChI is InChI=1S/C18H20ClN3O/c1-22(13-8-14-6-11-20-12-7-14)17(23)21-18(9-10-18)15-2-4-16(19)5-3-15/h2-7,11-12H,8-10,13H2,1H3,(H,21,23). The van der Waals surface area contributed by atoms with Crippen LogP contribution in [0.4, 0.5) is 4.79 Å². The van der Waals surface area contributed by atoms with E-state index in [-0.39, 0.29) is 11.6 Å². The Bertz CT molecular complexity index is 668. The van der Waals surface area contributed by atoms with Gasteiger partial charge in [0, 0.05) is 31.0 Å². The number of benzene rings is 1. The molecule has 0 spiro atoms. The second-order valence-corrected chi connectivity index (χ2v) is 6.48. The molecule has 1 N–H and O–H groups in total. The monoisotopic (exact) mass is 329 g/mol. The molecule has 1 aromatic carbocycles. The van der Waals surface area contributed by atoms with Crippen molar-refractivity contribution in [2.45, 2.75) is 24.8 Å². The van der Waals surface area contributed by atoms with Crippen LogP contribution in [0.1, 0.15) is 24.0 Å². The maximum Gasteiger partial charge on any atom is 0.317 e. The van der Waals surface area contributed by atoms with Crippen LogP contribution in [0.2, 0.25) is 5.02 Å². The van der Waals surface area contributed by atoms with Crippen molar-refractivity contribution in [1.29, 1.82) is 0 Å². The predicted octanol–water partition coefficient (Wildman–Crippen LogP) is 3.61. The average molecular weight is 330 g/mol. The Labute approximate surface area is 141 Å². The second kappa shape index (κ2) is 6.59. The van der Waals surface area contributed by atoms with E-state index >= 15 is 0 Å². The lowest BCUT2D eigenvalue weighted by atomic mass is 10.1. The molecule has 1 aromatic heterocycles. The van der Waals surface area contributed by atoms with Gasteiger partial charge in [-0.1, -0.05) is 23.7 Å². The molecule has 0 radical (unpaired) electrons. The summed E-state index contributed by atoms with van der Waals surface area (Å²) in [5.41, 5.74) is 2.09. The maximum absolute atomic E-state index is 12.4. The Balaban J connectivity index is 1.57. The van der Waals surface area contributed by atoms with Crippen molar-refractivity contribution in [1.82, 2.24) is 15.2 Å². The zero-order valence-electron chi connectivity index (χ0n) is 13.1. The number of halogens is 1. The number of rotatable bonds is 5. The number of amides is 2. The molecule has 0 unspecified atom stereocenters. The van der Waals surface area contributed by atoms with E-state index in [1.54, 1.807) is 17.3 Å². The van der Waals surface area contributed by atoms with E-state index in [2.05, 4.69) is 10.3 Å². The first-order valence-electron chi connectivity index (χ1n) is 7.77. The van der Waals surface area contributed by atoms with Crippen LogP contribution in [0.3, 0.4) is 0 Å². The van der Waals surface area contributed by atoms with E-state index in [1.165, 1.54) is 5.56 Å². The number of hydrogen-bond acceptors (Lipinski definition) is 2. The molecule has 3 rings (SSSR count). The summed E-state index contributed by atoms with van der Waals surface area (Å²) in [6.07, 6.45) is 6.31. The number of aromatic nitrogens is 1. The van der Waals surface area contributed by atoms with E-state index in [1.807, 2.05) is 43.4 Å². The van der Waals surface area contributed by atoms with Crippen molar-refractivity contribution in [3.8, 4) is 0 Å². The van der Waals surface area contributed by atoms with Crippen molar-refractivity contribution in [2.75, 3.05) is 13.6 Å². The molecule has 23 heavy (non-hydrogen) atoms. The van der Waals surface area contributed by atoms with Gasteiger partial charge in [-0.2, -0.15) is 0 Å². The molecule has 5 heteroatoms. The van der Waals surface area contributed by atoms with E-state index in [9.17, 15) is 4.79 Å². The summed E-state index contributed by atoms with van der Waals surface area (Å²) in [5, 5.41) is 3.88. The quantitative estimate of drug-likeness (QED) is 0.910. The lowest BCUT2D eigenvalue weighted by molar-refractivity contribution is 0.203. The topological polar surface area (TPSA) is 45.2 Å². The van der Waals surface area contributed by atoms with E-state index < -0.39 is 0 Å². The van der Waals surface area contributed by atoms with E-state index in [0.717, 1.165) is 24.8 Å². The Kier molecular flexibility index (Phi) is 4.53. The minimum Gasteiger partial charge on any atom is -0.328 e. The molecule has 1 saturated carbocycles. The SMILES string of the molecule is CN(CCc1ccncc1)C(=O)NC1(c2ccc(Cl)cc2)CC1. The number of likely N-dealkylation sites (N-methyl/N-ethyl adjacent to an activating group) is 1. The molecule has 0 saturated heterocycles.